The van der Waals surface area contributed by atoms with Crippen molar-refractivity contribution in [3.05, 3.63) is 102 Å². The fourth-order valence-corrected chi connectivity index (χ4v) is 4.01. The third-order valence-corrected chi connectivity index (χ3v) is 6.21. The number of H-pyrrole nitrogens is 1. The SMILES string of the molecule is CCc1cn([C@H]2C[C@@H](OC(=O)c3ccc(Cl)cc3)[C@H](COC(=O)c3ccc(Cl)cc3)O2)c(=O)[nH]c1=O. The first-order chi connectivity index (χ1) is 17.2. The van der Waals surface area contributed by atoms with Gasteiger partial charge in [-0.2, -0.15) is 0 Å². The van der Waals surface area contributed by atoms with E-state index in [2.05, 4.69) is 4.98 Å². The predicted octanol–water partition coefficient (Wildman–Crippen LogP) is 3.78. The number of carbonyl (C=O) groups is 2. The predicted molar refractivity (Wildman–Crippen MR) is 132 cm³/mol. The molecule has 2 heterocycles. The van der Waals surface area contributed by atoms with Crippen LogP contribution < -0.4 is 11.2 Å². The van der Waals surface area contributed by atoms with Crippen molar-refractivity contribution in [2.75, 3.05) is 6.61 Å². The average molecular weight is 533 g/mol. The first-order valence-corrected chi connectivity index (χ1v) is 11.9. The van der Waals surface area contributed by atoms with E-state index in [1.165, 1.54) is 35.0 Å². The summed E-state index contributed by atoms with van der Waals surface area (Å²) >= 11 is 11.8. The molecule has 0 amide bonds. The Bertz CT molecular complexity index is 1370. The van der Waals surface area contributed by atoms with Gasteiger partial charge in [0.2, 0.25) is 0 Å². The number of carbonyl (C=O) groups excluding carboxylic acids is 2. The van der Waals surface area contributed by atoms with Gasteiger partial charge in [-0.05, 0) is 55.0 Å². The van der Waals surface area contributed by atoms with Crippen LogP contribution in [0.2, 0.25) is 10.0 Å². The molecule has 1 N–H and O–H groups in total. The summed E-state index contributed by atoms with van der Waals surface area (Å²) in [6, 6.07) is 12.3. The number of aromatic nitrogens is 2. The molecule has 3 aromatic rings. The van der Waals surface area contributed by atoms with Crippen molar-refractivity contribution in [3.63, 3.8) is 0 Å². The lowest BCUT2D eigenvalue weighted by atomic mass is 10.1. The maximum atomic E-state index is 12.7. The smallest absolute Gasteiger partial charge is 0.338 e. The highest BCUT2D eigenvalue weighted by atomic mass is 35.5. The van der Waals surface area contributed by atoms with Crippen LogP contribution in [-0.4, -0.2) is 40.3 Å². The van der Waals surface area contributed by atoms with Gasteiger partial charge in [0.05, 0.1) is 11.1 Å². The third-order valence-electron chi connectivity index (χ3n) is 5.71. The van der Waals surface area contributed by atoms with Crippen molar-refractivity contribution >= 4 is 35.1 Å². The highest BCUT2D eigenvalue weighted by Gasteiger charge is 2.40. The van der Waals surface area contributed by atoms with Crippen molar-refractivity contribution in [1.82, 2.24) is 9.55 Å². The van der Waals surface area contributed by atoms with Crippen LogP contribution in [0, 0.1) is 0 Å². The second-order valence-electron chi connectivity index (χ2n) is 8.10. The molecule has 188 valence electrons. The Morgan fingerprint density at radius 2 is 1.58 bits per heavy atom. The lowest BCUT2D eigenvalue weighted by molar-refractivity contribution is -0.0583. The van der Waals surface area contributed by atoms with Crippen LogP contribution in [0.4, 0.5) is 0 Å². The number of halogens is 2. The Hall–Kier alpha value is -3.40. The number of esters is 2. The highest BCUT2D eigenvalue weighted by molar-refractivity contribution is 6.31. The normalized spacial score (nSPS) is 19.1. The van der Waals surface area contributed by atoms with Crippen molar-refractivity contribution in [2.45, 2.75) is 38.2 Å². The average Bonchev–Trinajstić information content (AvgIpc) is 3.25. The number of benzene rings is 2. The number of rotatable bonds is 7. The van der Waals surface area contributed by atoms with Crippen LogP contribution in [0.1, 0.15) is 45.9 Å². The summed E-state index contributed by atoms with van der Waals surface area (Å²) in [5.41, 5.74) is -0.187. The number of hydrogen-bond acceptors (Lipinski definition) is 7. The van der Waals surface area contributed by atoms with Gasteiger partial charge in [-0.15, -0.1) is 0 Å². The van der Waals surface area contributed by atoms with Crippen molar-refractivity contribution in [3.8, 4) is 0 Å². The minimum Gasteiger partial charge on any atom is -0.459 e. The molecule has 11 heteroatoms. The molecule has 0 unspecified atom stereocenters. The van der Waals surface area contributed by atoms with E-state index in [1.54, 1.807) is 31.2 Å². The summed E-state index contributed by atoms with van der Waals surface area (Å²) in [5.74, 6) is -1.24. The molecule has 1 saturated heterocycles. The molecule has 0 aliphatic carbocycles. The first kappa shape index (κ1) is 25.7. The second kappa shape index (κ2) is 11.1. The summed E-state index contributed by atoms with van der Waals surface area (Å²) in [6.45, 7) is 1.54. The Morgan fingerprint density at radius 3 is 2.17 bits per heavy atom. The number of aryl methyl sites for hydroxylation is 1. The molecule has 4 rings (SSSR count). The molecule has 0 radical (unpaired) electrons. The zero-order valence-corrected chi connectivity index (χ0v) is 20.6. The van der Waals surface area contributed by atoms with E-state index < -0.39 is 41.6 Å². The second-order valence-corrected chi connectivity index (χ2v) is 8.97. The van der Waals surface area contributed by atoms with Gasteiger partial charge in [0.15, 0.2) is 0 Å². The zero-order valence-electron chi connectivity index (χ0n) is 19.1. The van der Waals surface area contributed by atoms with Crippen LogP contribution >= 0.6 is 23.2 Å². The fourth-order valence-electron chi connectivity index (χ4n) is 3.76. The number of aromatic amines is 1. The van der Waals surface area contributed by atoms with Gasteiger partial charge in [0, 0.05) is 28.2 Å². The number of ether oxygens (including phenoxy) is 3. The molecule has 36 heavy (non-hydrogen) atoms. The van der Waals surface area contributed by atoms with E-state index in [9.17, 15) is 19.2 Å². The molecule has 0 spiro atoms. The van der Waals surface area contributed by atoms with Gasteiger partial charge in [0.25, 0.3) is 5.56 Å². The maximum absolute atomic E-state index is 12.7. The molecule has 1 fully saturated rings. The minimum atomic E-state index is -0.869. The van der Waals surface area contributed by atoms with Gasteiger partial charge >= 0.3 is 17.6 Å². The minimum absolute atomic E-state index is 0.0948. The Morgan fingerprint density at radius 1 is 1.00 bits per heavy atom. The molecule has 1 aliphatic heterocycles. The van der Waals surface area contributed by atoms with Crippen LogP contribution in [0.25, 0.3) is 0 Å². The van der Waals surface area contributed by atoms with Crippen LogP contribution in [0.15, 0.2) is 64.3 Å². The van der Waals surface area contributed by atoms with E-state index >= 15 is 0 Å². The third kappa shape index (κ3) is 5.87. The molecule has 9 nitrogen and oxygen atoms in total. The zero-order chi connectivity index (χ0) is 25.8. The van der Waals surface area contributed by atoms with Gasteiger partial charge in [-0.1, -0.05) is 30.1 Å². The van der Waals surface area contributed by atoms with E-state index in [-0.39, 0.29) is 24.2 Å². The molecular weight excluding hydrogens is 511 g/mol. The molecular formula is C25H22Cl2N2O7. The van der Waals surface area contributed by atoms with E-state index in [0.717, 1.165) is 0 Å². The monoisotopic (exact) mass is 532 g/mol. The van der Waals surface area contributed by atoms with Crippen LogP contribution in [0.5, 0.6) is 0 Å². The van der Waals surface area contributed by atoms with Crippen LogP contribution in [-0.2, 0) is 20.6 Å². The lowest BCUT2D eigenvalue weighted by Gasteiger charge is -2.19. The maximum Gasteiger partial charge on any atom is 0.338 e. The van der Waals surface area contributed by atoms with E-state index in [4.69, 9.17) is 37.4 Å². The first-order valence-electron chi connectivity index (χ1n) is 11.1. The van der Waals surface area contributed by atoms with Gasteiger partial charge in [-0.25, -0.2) is 14.4 Å². The Balaban J connectivity index is 1.54. The summed E-state index contributed by atoms with van der Waals surface area (Å²) < 4.78 is 18.3. The van der Waals surface area contributed by atoms with Crippen molar-refractivity contribution in [1.29, 1.82) is 0 Å². The summed E-state index contributed by atoms with van der Waals surface area (Å²) in [7, 11) is 0. The summed E-state index contributed by atoms with van der Waals surface area (Å²) in [6.07, 6.45) is -0.656. The van der Waals surface area contributed by atoms with Crippen molar-refractivity contribution < 1.29 is 23.8 Å². The lowest BCUT2D eigenvalue weighted by Crippen LogP contribution is -2.34. The number of nitrogens with zero attached hydrogens (tertiary/aromatic N) is 1. The van der Waals surface area contributed by atoms with E-state index in [0.29, 0.717) is 22.0 Å². The highest BCUT2D eigenvalue weighted by Crippen LogP contribution is 2.31. The summed E-state index contributed by atoms with van der Waals surface area (Å²) in [4.78, 5) is 51.9. The van der Waals surface area contributed by atoms with Gasteiger partial charge < -0.3 is 14.2 Å². The molecule has 1 aromatic heterocycles. The Kier molecular flexibility index (Phi) is 7.93. The standard InChI is InChI=1S/C25H22Cl2N2O7/c1-2-14-12-29(25(33)28-22(14)30)21-11-19(36-24(32)16-5-9-18(27)10-6-16)20(35-21)13-34-23(31)15-3-7-17(26)8-4-15/h3-10,12,19-21H,2,11,13H2,1H3,(H,28,30,33)/t19-,20+,21-/m1/s1. The molecule has 3 atom stereocenters. The van der Waals surface area contributed by atoms with E-state index in [1.807, 2.05) is 0 Å². The van der Waals surface area contributed by atoms with Gasteiger partial charge in [-0.3, -0.25) is 14.3 Å². The van der Waals surface area contributed by atoms with Crippen LogP contribution in [0.3, 0.4) is 0 Å². The largest absolute Gasteiger partial charge is 0.459 e. The molecule has 0 bridgehead atoms. The molecule has 1 aliphatic rings. The molecule has 2 aromatic carbocycles. The number of hydrogen-bond donors (Lipinski definition) is 1. The van der Waals surface area contributed by atoms with Crippen molar-refractivity contribution in [2.24, 2.45) is 0 Å². The van der Waals surface area contributed by atoms with Gasteiger partial charge in [0.1, 0.15) is 25.0 Å². The quantitative estimate of drug-likeness (QED) is 0.460. The Labute approximate surface area is 215 Å². The summed E-state index contributed by atoms with van der Waals surface area (Å²) in [5, 5.41) is 0.937. The molecule has 0 saturated carbocycles. The topological polar surface area (TPSA) is 117 Å². The number of nitrogens with one attached hydrogen (secondary N) is 1. The fraction of sp³-hybridized carbons (Fsp3) is 0.280.